The number of rotatable bonds is 3. The van der Waals surface area contributed by atoms with Gasteiger partial charge in [-0.1, -0.05) is 41.9 Å². The maximum Gasteiger partial charge on any atom is 0.251 e. The first-order chi connectivity index (χ1) is 9.72. The van der Waals surface area contributed by atoms with Gasteiger partial charge in [-0.05, 0) is 23.8 Å². The van der Waals surface area contributed by atoms with Crippen LogP contribution >= 0.6 is 22.9 Å². The molecule has 0 unspecified atom stereocenters. The number of fused-ring (bicyclic) bond motifs is 1. The summed E-state index contributed by atoms with van der Waals surface area (Å²) >= 11 is 7.24. The van der Waals surface area contributed by atoms with Gasteiger partial charge in [0, 0.05) is 12.1 Å². The average molecular weight is 303 g/mol. The van der Waals surface area contributed by atoms with E-state index >= 15 is 0 Å². The fourth-order valence-corrected chi connectivity index (χ4v) is 2.99. The SMILES string of the molecule is O=C(NCc1ccccc1)c1ccc2nc(Cl)sc2c1. The van der Waals surface area contributed by atoms with Crippen LogP contribution < -0.4 is 5.32 Å². The lowest BCUT2D eigenvalue weighted by molar-refractivity contribution is 0.0951. The van der Waals surface area contributed by atoms with Crippen molar-refractivity contribution in [1.82, 2.24) is 10.3 Å². The van der Waals surface area contributed by atoms with Crippen LogP contribution in [0.15, 0.2) is 48.5 Å². The molecule has 20 heavy (non-hydrogen) atoms. The highest BCUT2D eigenvalue weighted by molar-refractivity contribution is 7.22. The minimum Gasteiger partial charge on any atom is -0.348 e. The number of halogens is 1. The molecule has 2 aromatic carbocycles. The van der Waals surface area contributed by atoms with Crippen molar-refractivity contribution in [1.29, 1.82) is 0 Å². The first-order valence-corrected chi connectivity index (χ1v) is 7.30. The van der Waals surface area contributed by atoms with Crippen LogP contribution in [0.1, 0.15) is 15.9 Å². The summed E-state index contributed by atoms with van der Waals surface area (Å²) < 4.78 is 1.41. The monoisotopic (exact) mass is 302 g/mol. The second kappa shape index (κ2) is 5.61. The Balaban J connectivity index is 1.75. The van der Waals surface area contributed by atoms with E-state index in [1.54, 1.807) is 6.07 Å². The van der Waals surface area contributed by atoms with Gasteiger partial charge in [0.2, 0.25) is 0 Å². The zero-order valence-corrected chi connectivity index (χ0v) is 12.0. The molecule has 0 saturated heterocycles. The van der Waals surface area contributed by atoms with Crippen molar-refractivity contribution in [3.8, 4) is 0 Å². The van der Waals surface area contributed by atoms with E-state index in [0.717, 1.165) is 15.8 Å². The fraction of sp³-hybridized carbons (Fsp3) is 0.0667. The van der Waals surface area contributed by atoms with E-state index in [9.17, 15) is 4.79 Å². The van der Waals surface area contributed by atoms with Crippen LogP contribution in [-0.2, 0) is 6.54 Å². The maximum absolute atomic E-state index is 12.1. The van der Waals surface area contributed by atoms with Crippen LogP contribution in [-0.4, -0.2) is 10.9 Å². The molecular formula is C15H11ClN2OS. The second-order valence-electron chi connectivity index (χ2n) is 4.32. The number of carbonyl (C=O) groups is 1. The van der Waals surface area contributed by atoms with Gasteiger partial charge in [-0.2, -0.15) is 0 Å². The number of aromatic nitrogens is 1. The van der Waals surface area contributed by atoms with Crippen molar-refractivity contribution in [2.45, 2.75) is 6.54 Å². The molecule has 0 aliphatic carbocycles. The molecule has 0 aliphatic heterocycles. The molecule has 0 bridgehead atoms. The topological polar surface area (TPSA) is 42.0 Å². The summed E-state index contributed by atoms with van der Waals surface area (Å²) in [5.41, 5.74) is 2.51. The van der Waals surface area contributed by atoms with Crippen molar-refractivity contribution in [2.75, 3.05) is 0 Å². The van der Waals surface area contributed by atoms with E-state index in [2.05, 4.69) is 10.3 Å². The first-order valence-electron chi connectivity index (χ1n) is 6.10. The highest BCUT2D eigenvalue weighted by Crippen LogP contribution is 2.26. The van der Waals surface area contributed by atoms with Gasteiger partial charge in [-0.15, -0.1) is 11.3 Å². The third-order valence-corrected chi connectivity index (χ3v) is 4.04. The zero-order chi connectivity index (χ0) is 13.9. The zero-order valence-electron chi connectivity index (χ0n) is 10.5. The molecule has 0 aliphatic rings. The molecule has 3 rings (SSSR count). The van der Waals surface area contributed by atoms with Crippen LogP contribution in [0, 0.1) is 0 Å². The largest absolute Gasteiger partial charge is 0.348 e. The van der Waals surface area contributed by atoms with Crippen molar-refractivity contribution in [2.24, 2.45) is 0 Å². The highest BCUT2D eigenvalue weighted by Gasteiger charge is 2.08. The molecule has 1 aromatic heterocycles. The Labute approximate surface area is 125 Å². The smallest absolute Gasteiger partial charge is 0.251 e. The lowest BCUT2D eigenvalue weighted by Gasteiger charge is -2.05. The van der Waals surface area contributed by atoms with Gasteiger partial charge < -0.3 is 5.32 Å². The number of carbonyl (C=O) groups excluding carboxylic acids is 1. The van der Waals surface area contributed by atoms with E-state index in [-0.39, 0.29) is 5.91 Å². The predicted molar refractivity (Wildman–Crippen MR) is 82.2 cm³/mol. The summed E-state index contributed by atoms with van der Waals surface area (Å²) in [6, 6.07) is 15.2. The molecule has 0 saturated carbocycles. The minimum absolute atomic E-state index is 0.0970. The van der Waals surface area contributed by atoms with E-state index in [1.165, 1.54) is 11.3 Å². The van der Waals surface area contributed by atoms with E-state index in [0.29, 0.717) is 16.6 Å². The van der Waals surface area contributed by atoms with Crippen molar-refractivity contribution in [3.05, 3.63) is 64.1 Å². The number of hydrogen-bond donors (Lipinski definition) is 1. The first kappa shape index (κ1) is 13.1. The second-order valence-corrected chi connectivity index (χ2v) is 5.93. The van der Waals surface area contributed by atoms with E-state index in [1.807, 2.05) is 42.5 Å². The molecule has 0 fully saturated rings. The van der Waals surface area contributed by atoms with Gasteiger partial charge in [0.15, 0.2) is 4.47 Å². The van der Waals surface area contributed by atoms with Gasteiger partial charge in [0.05, 0.1) is 10.2 Å². The fourth-order valence-electron chi connectivity index (χ4n) is 1.92. The summed E-state index contributed by atoms with van der Waals surface area (Å²) in [7, 11) is 0. The minimum atomic E-state index is -0.0970. The maximum atomic E-state index is 12.1. The van der Waals surface area contributed by atoms with Crippen molar-refractivity contribution >= 4 is 39.1 Å². The number of nitrogens with one attached hydrogen (secondary N) is 1. The molecular weight excluding hydrogens is 292 g/mol. The summed E-state index contributed by atoms with van der Waals surface area (Å²) in [6.45, 7) is 0.515. The molecule has 0 atom stereocenters. The lowest BCUT2D eigenvalue weighted by Crippen LogP contribution is -2.22. The summed E-state index contributed by atoms with van der Waals surface area (Å²) in [4.78, 5) is 16.3. The molecule has 1 heterocycles. The quantitative estimate of drug-likeness (QED) is 0.798. The van der Waals surface area contributed by atoms with E-state index in [4.69, 9.17) is 11.6 Å². The Kier molecular flexibility index (Phi) is 3.67. The number of thiazole rings is 1. The molecule has 0 radical (unpaired) electrons. The summed E-state index contributed by atoms with van der Waals surface area (Å²) in [5.74, 6) is -0.0970. The Morgan fingerprint density at radius 1 is 1.20 bits per heavy atom. The molecule has 1 N–H and O–H groups in total. The van der Waals surface area contributed by atoms with Crippen LogP contribution in [0.5, 0.6) is 0 Å². The Bertz CT molecular complexity index is 755. The molecule has 3 nitrogen and oxygen atoms in total. The normalized spacial score (nSPS) is 10.7. The number of benzene rings is 2. The Morgan fingerprint density at radius 2 is 2.00 bits per heavy atom. The third kappa shape index (κ3) is 2.81. The van der Waals surface area contributed by atoms with Gasteiger partial charge in [-0.3, -0.25) is 4.79 Å². The molecule has 3 aromatic rings. The number of nitrogens with zero attached hydrogens (tertiary/aromatic N) is 1. The van der Waals surface area contributed by atoms with Gasteiger partial charge in [-0.25, -0.2) is 4.98 Å². The number of amides is 1. The molecule has 0 spiro atoms. The van der Waals surface area contributed by atoms with Crippen LogP contribution in [0.25, 0.3) is 10.2 Å². The van der Waals surface area contributed by atoms with Crippen LogP contribution in [0.3, 0.4) is 0 Å². The van der Waals surface area contributed by atoms with Gasteiger partial charge in [0.1, 0.15) is 0 Å². The van der Waals surface area contributed by atoms with Gasteiger partial charge >= 0.3 is 0 Å². The molecule has 100 valence electrons. The summed E-state index contributed by atoms with van der Waals surface area (Å²) in [5, 5.41) is 2.90. The van der Waals surface area contributed by atoms with Crippen molar-refractivity contribution in [3.63, 3.8) is 0 Å². The van der Waals surface area contributed by atoms with E-state index < -0.39 is 0 Å². The van der Waals surface area contributed by atoms with Crippen LogP contribution in [0.4, 0.5) is 0 Å². The third-order valence-electron chi connectivity index (χ3n) is 2.92. The standard InChI is InChI=1S/C15H11ClN2OS/c16-15-18-12-7-6-11(8-13(12)20-15)14(19)17-9-10-4-2-1-3-5-10/h1-8H,9H2,(H,17,19). The molecule has 1 amide bonds. The lowest BCUT2D eigenvalue weighted by atomic mass is 10.2. The highest BCUT2D eigenvalue weighted by atomic mass is 35.5. The van der Waals surface area contributed by atoms with Crippen LogP contribution in [0.2, 0.25) is 4.47 Å². The average Bonchev–Trinajstić information content (AvgIpc) is 2.85. The van der Waals surface area contributed by atoms with Crippen molar-refractivity contribution < 1.29 is 4.79 Å². The predicted octanol–water partition coefficient (Wildman–Crippen LogP) is 3.88. The Morgan fingerprint density at radius 3 is 2.80 bits per heavy atom. The molecule has 5 heteroatoms. The summed E-state index contributed by atoms with van der Waals surface area (Å²) in [6.07, 6.45) is 0. The number of hydrogen-bond acceptors (Lipinski definition) is 3. The van der Waals surface area contributed by atoms with Gasteiger partial charge in [0.25, 0.3) is 5.91 Å². The Hall–Kier alpha value is -1.91.